The molecular weight excluding hydrogens is 243 g/mol. The molecule has 0 spiro atoms. The van der Waals surface area contributed by atoms with Gasteiger partial charge < -0.3 is 10.1 Å². The predicted octanol–water partition coefficient (Wildman–Crippen LogP) is 2.41. The molecule has 1 aliphatic heterocycles. The van der Waals surface area contributed by atoms with E-state index in [1.165, 1.54) is 7.11 Å². The first-order valence-corrected chi connectivity index (χ1v) is 7.01. The topological polar surface area (TPSA) is 24.5 Å². The summed E-state index contributed by atoms with van der Waals surface area (Å²) in [6.45, 7) is 5.89. The largest absolute Gasteiger partial charge is 0.494 e. The standard InChI is InChI=1S/C15H23FN2O/c1-3-13-11-18(9-5-8-17-13)10-12-6-4-7-14(19-2)15(12)16/h4,6-7,13,17H,3,5,8-11H2,1-2H3. The van der Waals surface area contributed by atoms with E-state index in [-0.39, 0.29) is 5.82 Å². The number of hydrogen-bond acceptors (Lipinski definition) is 3. The molecule has 1 heterocycles. The van der Waals surface area contributed by atoms with Crippen LogP contribution >= 0.6 is 0 Å². The fourth-order valence-corrected chi connectivity index (χ4v) is 2.57. The van der Waals surface area contributed by atoms with Crippen molar-refractivity contribution in [2.75, 3.05) is 26.7 Å². The highest BCUT2D eigenvalue weighted by Crippen LogP contribution is 2.21. The summed E-state index contributed by atoms with van der Waals surface area (Å²) in [7, 11) is 1.51. The van der Waals surface area contributed by atoms with Crippen LogP contribution in [0.25, 0.3) is 0 Å². The SMILES string of the molecule is CCC1CN(Cc2cccc(OC)c2F)CCCN1. The molecule has 0 saturated carbocycles. The number of benzene rings is 1. The zero-order valence-electron chi connectivity index (χ0n) is 11.8. The molecule has 1 aromatic rings. The molecule has 1 N–H and O–H groups in total. The average molecular weight is 266 g/mol. The van der Waals surface area contributed by atoms with E-state index >= 15 is 0 Å². The highest BCUT2D eigenvalue weighted by atomic mass is 19.1. The van der Waals surface area contributed by atoms with Crippen LogP contribution in [0.4, 0.5) is 4.39 Å². The van der Waals surface area contributed by atoms with Crippen molar-refractivity contribution >= 4 is 0 Å². The number of halogens is 1. The molecule has 106 valence electrons. The summed E-state index contributed by atoms with van der Waals surface area (Å²) < 4.78 is 19.2. The second kappa shape index (κ2) is 6.87. The number of methoxy groups -OCH3 is 1. The molecule has 1 aromatic carbocycles. The molecule has 1 fully saturated rings. The Labute approximate surface area is 114 Å². The molecule has 0 aromatic heterocycles. The number of hydrogen-bond donors (Lipinski definition) is 1. The van der Waals surface area contributed by atoms with Crippen LogP contribution in [0.3, 0.4) is 0 Å². The van der Waals surface area contributed by atoms with Crippen LogP contribution in [0.1, 0.15) is 25.3 Å². The molecule has 1 saturated heterocycles. The second-order valence-corrected chi connectivity index (χ2v) is 5.08. The average Bonchev–Trinajstić information content (AvgIpc) is 2.66. The van der Waals surface area contributed by atoms with Gasteiger partial charge in [0, 0.05) is 24.7 Å². The van der Waals surface area contributed by atoms with Gasteiger partial charge in [-0.2, -0.15) is 0 Å². The van der Waals surface area contributed by atoms with E-state index in [1.54, 1.807) is 6.07 Å². The van der Waals surface area contributed by atoms with Gasteiger partial charge in [0.05, 0.1) is 7.11 Å². The van der Waals surface area contributed by atoms with Gasteiger partial charge in [-0.1, -0.05) is 19.1 Å². The van der Waals surface area contributed by atoms with Gasteiger partial charge in [0.15, 0.2) is 11.6 Å². The molecule has 0 amide bonds. The van der Waals surface area contributed by atoms with Crippen molar-refractivity contribution in [3.05, 3.63) is 29.6 Å². The molecule has 4 heteroatoms. The van der Waals surface area contributed by atoms with Crippen molar-refractivity contribution in [2.24, 2.45) is 0 Å². The molecular formula is C15H23FN2O. The minimum absolute atomic E-state index is 0.227. The van der Waals surface area contributed by atoms with E-state index in [2.05, 4.69) is 17.1 Å². The fourth-order valence-electron chi connectivity index (χ4n) is 2.57. The molecule has 0 aliphatic carbocycles. The van der Waals surface area contributed by atoms with E-state index in [1.807, 2.05) is 12.1 Å². The third-order valence-electron chi connectivity index (χ3n) is 3.71. The molecule has 1 unspecified atom stereocenters. The molecule has 0 bridgehead atoms. The van der Waals surface area contributed by atoms with Crippen LogP contribution in [-0.4, -0.2) is 37.7 Å². The highest BCUT2D eigenvalue weighted by Gasteiger charge is 2.18. The molecule has 0 radical (unpaired) electrons. The lowest BCUT2D eigenvalue weighted by atomic mass is 10.1. The summed E-state index contributed by atoms with van der Waals surface area (Å²) >= 11 is 0. The monoisotopic (exact) mass is 266 g/mol. The Balaban J connectivity index is 2.07. The second-order valence-electron chi connectivity index (χ2n) is 5.08. The van der Waals surface area contributed by atoms with Gasteiger partial charge in [-0.25, -0.2) is 4.39 Å². The van der Waals surface area contributed by atoms with Crippen LogP contribution in [0.2, 0.25) is 0 Å². The fraction of sp³-hybridized carbons (Fsp3) is 0.600. The van der Waals surface area contributed by atoms with E-state index in [0.717, 1.165) is 38.0 Å². The summed E-state index contributed by atoms with van der Waals surface area (Å²) in [5, 5.41) is 3.52. The molecule has 19 heavy (non-hydrogen) atoms. The summed E-state index contributed by atoms with van der Waals surface area (Å²) in [4.78, 5) is 2.33. The summed E-state index contributed by atoms with van der Waals surface area (Å²) in [6, 6.07) is 5.87. The summed E-state index contributed by atoms with van der Waals surface area (Å²) in [5.74, 6) is 0.104. The number of ether oxygens (including phenoxy) is 1. The van der Waals surface area contributed by atoms with Crippen molar-refractivity contribution in [1.29, 1.82) is 0 Å². The maximum Gasteiger partial charge on any atom is 0.169 e. The van der Waals surface area contributed by atoms with Crippen LogP contribution in [0, 0.1) is 5.82 Å². The van der Waals surface area contributed by atoms with Crippen molar-refractivity contribution in [3.63, 3.8) is 0 Å². The van der Waals surface area contributed by atoms with E-state index < -0.39 is 0 Å². The maximum atomic E-state index is 14.1. The Kier molecular flexibility index (Phi) is 5.16. The van der Waals surface area contributed by atoms with Crippen molar-refractivity contribution in [2.45, 2.75) is 32.4 Å². The van der Waals surface area contributed by atoms with E-state index in [9.17, 15) is 4.39 Å². The Bertz CT molecular complexity index is 411. The lowest BCUT2D eigenvalue weighted by Gasteiger charge is -2.24. The Morgan fingerprint density at radius 2 is 2.32 bits per heavy atom. The number of nitrogens with zero attached hydrogens (tertiary/aromatic N) is 1. The minimum atomic E-state index is -0.227. The van der Waals surface area contributed by atoms with Crippen LogP contribution in [0.5, 0.6) is 5.75 Å². The summed E-state index contributed by atoms with van der Waals surface area (Å²) in [5.41, 5.74) is 0.719. The third kappa shape index (κ3) is 3.67. The van der Waals surface area contributed by atoms with Crippen LogP contribution < -0.4 is 10.1 Å². The first-order chi connectivity index (χ1) is 9.24. The lowest BCUT2D eigenvalue weighted by molar-refractivity contribution is 0.252. The van der Waals surface area contributed by atoms with Gasteiger partial charge in [-0.3, -0.25) is 4.90 Å². The third-order valence-corrected chi connectivity index (χ3v) is 3.71. The van der Waals surface area contributed by atoms with Gasteiger partial charge >= 0.3 is 0 Å². The van der Waals surface area contributed by atoms with Gasteiger partial charge in [0.2, 0.25) is 0 Å². The Hall–Kier alpha value is -1.13. The quantitative estimate of drug-likeness (QED) is 0.905. The zero-order valence-corrected chi connectivity index (χ0v) is 11.8. The van der Waals surface area contributed by atoms with Gasteiger partial charge in [0.1, 0.15) is 0 Å². The van der Waals surface area contributed by atoms with Gasteiger partial charge in [-0.05, 0) is 32.0 Å². The summed E-state index contributed by atoms with van der Waals surface area (Å²) in [6.07, 6.45) is 2.22. The minimum Gasteiger partial charge on any atom is -0.494 e. The van der Waals surface area contributed by atoms with Crippen LogP contribution in [0.15, 0.2) is 18.2 Å². The van der Waals surface area contributed by atoms with Gasteiger partial charge in [-0.15, -0.1) is 0 Å². The van der Waals surface area contributed by atoms with Crippen LogP contribution in [-0.2, 0) is 6.54 Å². The molecule has 1 atom stereocenters. The first-order valence-electron chi connectivity index (χ1n) is 7.01. The normalized spacial score (nSPS) is 21.1. The van der Waals surface area contributed by atoms with Crippen molar-refractivity contribution in [3.8, 4) is 5.75 Å². The smallest absolute Gasteiger partial charge is 0.169 e. The maximum absolute atomic E-state index is 14.1. The molecule has 1 aliphatic rings. The zero-order chi connectivity index (χ0) is 13.7. The van der Waals surface area contributed by atoms with Gasteiger partial charge in [0.25, 0.3) is 0 Å². The number of rotatable bonds is 4. The molecule has 2 rings (SSSR count). The van der Waals surface area contributed by atoms with Crippen molar-refractivity contribution in [1.82, 2.24) is 10.2 Å². The van der Waals surface area contributed by atoms with E-state index in [4.69, 9.17) is 4.74 Å². The first kappa shape index (κ1) is 14.3. The lowest BCUT2D eigenvalue weighted by Crippen LogP contribution is -2.36. The molecule has 3 nitrogen and oxygen atoms in total. The highest BCUT2D eigenvalue weighted by molar-refractivity contribution is 5.31. The Morgan fingerprint density at radius 3 is 3.05 bits per heavy atom. The Morgan fingerprint density at radius 1 is 1.47 bits per heavy atom. The van der Waals surface area contributed by atoms with E-state index in [0.29, 0.717) is 18.3 Å². The predicted molar refractivity (Wildman–Crippen MR) is 74.9 cm³/mol. The number of nitrogens with one attached hydrogen (secondary N) is 1. The van der Waals surface area contributed by atoms with Crippen molar-refractivity contribution < 1.29 is 9.13 Å².